The molecule has 0 spiro atoms. The number of aromatic nitrogens is 2. The van der Waals surface area contributed by atoms with Crippen molar-refractivity contribution in [2.24, 2.45) is 5.92 Å². The van der Waals surface area contributed by atoms with Gasteiger partial charge in [-0.3, -0.25) is 4.79 Å². The van der Waals surface area contributed by atoms with Gasteiger partial charge in [0, 0.05) is 22.7 Å². The molecule has 164 valence electrons. The molecule has 4 rings (SSSR count). The number of aryl methyl sites for hydroxylation is 1. The van der Waals surface area contributed by atoms with Crippen LogP contribution in [0.25, 0.3) is 10.9 Å². The van der Waals surface area contributed by atoms with Gasteiger partial charge >= 0.3 is 0 Å². The summed E-state index contributed by atoms with van der Waals surface area (Å²) in [6.07, 6.45) is 9.13. The third-order valence-electron chi connectivity index (χ3n) is 5.63. The molecule has 0 aliphatic heterocycles. The molecule has 1 saturated carbocycles. The maximum atomic E-state index is 13.9. The Kier molecular flexibility index (Phi) is 8.06. The van der Waals surface area contributed by atoms with Crippen molar-refractivity contribution < 1.29 is 14.3 Å². The lowest BCUT2D eigenvalue weighted by atomic mass is 9.91. The van der Waals surface area contributed by atoms with Gasteiger partial charge < -0.3 is 10.4 Å². The Morgan fingerprint density at radius 1 is 1.19 bits per heavy atom. The van der Waals surface area contributed by atoms with Gasteiger partial charge in [-0.2, -0.15) is 0 Å². The molecular weight excluding hydrogens is 393 g/mol. The first-order valence-electron chi connectivity index (χ1n) is 10.9. The van der Waals surface area contributed by atoms with E-state index in [0.29, 0.717) is 16.9 Å². The number of aliphatic hydroxyl groups is 1. The Morgan fingerprint density at radius 3 is 2.58 bits per heavy atom. The Bertz CT molecular complexity index is 1020. The molecule has 1 aromatic heterocycles. The lowest BCUT2D eigenvalue weighted by molar-refractivity contribution is 0.0915. The molecule has 0 radical (unpaired) electrons. The summed E-state index contributed by atoms with van der Waals surface area (Å²) in [4.78, 5) is 20.8. The molecule has 6 heteroatoms. The number of benzene rings is 2. The van der Waals surface area contributed by atoms with Crippen molar-refractivity contribution in [3.8, 4) is 0 Å². The summed E-state index contributed by atoms with van der Waals surface area (Å²) in [7, 11) is 0. The summed E-state index contributed by atoms with van der Waals surface area (Å²) in [5, 5.41) is 13.0. The zero-order chi connectivity index (χ0) is 22.2. The van der Waals surface area contributed by atoms with Crippen LogP contribution in [0.1, 0.15) is 66.8 Å². The van der Waals surface area contributed by atoms with E-state index in [2.05, 4.69) is 22.2 Å². The van der Waals surface area contributed by atoms with Crippen LogP contribution in [0.3, 0.4) is 0 Å². The van der Waals surface area contributed by atoms with Crippen LogP contribution in [-0.2, 0) is 0 Å². The first kappa shape index (κ1) is 22.8. The van der Waals surface area contributed by atoms with Crippen molar-refractivity contribution in [2.75, 3.05) is 6.61 Å². The predicted octanol–water partition coefficient (Wildman–Crippen LogP) is 5.13. The maximum Gasteiger partial charge on any atom is 0.251 e. The highest BCUT2D eigenvalue weighted by atomic mass is 19.1. The van der Waals surface area contributed by atoms with Gasteiger partial charge in [0.15, 0.2) is 0 Å². The lowest BCUT2D eigenvalue weighted by Crippen LogP contribution is -2.31. The van der Waals surface area contributed by atoms with Gasteiger partial charge in [-0.05, 0) is 31.0 Å². The third-order valence-corrected chi connectivity index (χ3v) is 5.63. The molecular formula is C25H30FN3O2. The second kappa shape index (κ2) is 11.0. The molecule has 1 fully saturated rings. The summed E-state index contributed by atoms with van der Waals surface area (Å²) >= 11 is 0. The molecule has 0 saturated heterocycles. The highest BCUT2D eigenvalue weighted by Gasteiger charge is 2.18. The second-order valence-electron chi connectivity index (χ2n) is 8.16. The first-order chi connectivity index (χ1) is 15.0. The van der Waals surface area contributed by atoms with Crippen molar-refractivity contribution >= 4 is 16.8 Å². The number of hydrogen-bond acceptors (Lipinski definition) is 4. The minimum absolute atomic E-state index is 0.243. The van der Waals surface area contributed by atoms with Gasteiger partial charge in [-0.15, -0.1) is 0 Å². The number of rotatable bonds is 4. The van der Waals surface area contributed by atoms with Crippen LogP contribution < -0.4 is 5.32 Å². The summed E-state index contributed by atoms with van der Waals surface area (Å²) in [5.41, 5.74) is 1.28. The van der Waals surface area contributed by atoms with E-state index in [-0.39, 0.29) is 5.56 Å². The smallest absolute Gasteiger partial charge is 0.251 e. The molecule has 5 nitrogen and oxygen atoms in total. The quantitative estimate of drug-likeness (QED) is 0.610. The topological polar surface area (TPSA) is 75.1 Å². The number of carbonyl (C=O) groups excluding carboxylic acids is 1. The Balaban J connectivity index is 0.000000330. The van der Waals surface area contributed by atoms with E-state index in [1.165, 1.54) is 44.2 Å². The highest BCUT2D eigenvalue weighted by molar-refractivity contribution is 5.97. The molecule has 2 aromatic carbocycles. The van der Waals surface area contributed by atoms with Crippen LogP contribution in [0.5, 0.6) is 0 Å². The summed E-state index contributed by atoms with van der Waals surface area (Å²) in [6.45, 7) is 3.73. The van der Waals surface area contributed by atoms with E-state index in [0.717, 1.165) is 11.3 Å². The molecule has 1 aliphatic carbocycles. The molecule has 2 N–H and O–H groups in total. The standard InChI is InChI=1S/C18H16FN3O2.C7H14/c1-11-20-9-13-7-6-12(8-16(13)21-11)18(24)22-17(10-23)14-4-2-3-5-15(14)19;1-7-5-3-2-4-6-7/h2-9,17,23H,10H2,1H3,(H,22,24);7H,2-6H2,1H3. The lowest BCUT2D eigenvalue weighted by Gasteiger charge is -2.17. The van der Waals surface area contributed by atoms with E-state index < -0.39 is 24.4 Å². The molecule has 1 aliphatic rings. The SMILES string of the molecule is CC1CCCCC1.Cc1ncc2ccc(C(=O)NC(CO)c3ccccc3F)cc2n1. The fraction of sp³-hybridized carbons (Fsp3) is 0.400. The van der Waals surface area contributed by atoms with E-state index >= 15 is 0 Å². The monoisotopic (exact) mass is 423 g/mol. The van der Waals surface area contributed by atoms with Crippen LogP contribution in [0.2, 0.25) is 0 Å². The number of carbonyl (C=O) groups is 1. The molecule has 1 heterocycles. The van der Waals surface area contributed by atoms with E-state index in [1.54, 1.807) is 43.5 Å². The van der Waals surface area contributed by atoms with Crippen LogP contribution in [-0.4, -0.2) is 27.6 Å². The third kappa shape index (κ3) is 6.31. The number of halogens is 1. The van der Waals surface area contributed by atoms with Gasteiger partial charge in [0.25, 0.3) is 5.91 Å². The van der Waals surface area contributed by atoms with Crippen LogP contribution in [0.4, 0.5) is 4.39 Å². The zero-order valence-electron chi connectivity index (χ0n) is 18.1. The van der Waals surface area contributed by atoms with Crippen LogP contribution in [0.15, 0.2) is 48.7 Å². The van der Waals surface area contributed by atoms with Gasteiger partial charge in [-0.1, -0.05) is 63.3 Å². The maximum absolute atomic E-state index is 13.9. The van der Waals surface area contributed by atoms with E-state index in [1.807, 2.05) is 0 Å². The summed E-state index contributed by atoms with van der Waals surface area (Å²) in [5.74, 6) is 0.766. The molecule has 3 aromatic rings. The van der Waals surface area contributed by atoms with Crippen molar-refractivity contribution in [2.45, 2.75) is 52.0 Å². The molecule has 1 atom stereocenters. The van der Waals surface area contributed by atoms with Gasteiger partial charge in [0.2, 0.25) is 0 Å². The number of nitrogens with zero attached hydrogens (tertiary/aromatic N) is 2. The minimum atomic E-state index is -0.818. The first-order valence-corrected chi connectivity index (χ1v) is 10.9. The van der Waals surface area contributed by atoms with Crippen molar-refractivity contribution in [3.05, 3.63) is 71.4 Å². The number of aliphatic hydroxyl groups excluding tert-OH is 1. The fourth-order valence-corrected chi connectivity index (χ4v) is 3.78. The van der Waals surface area contributed by atoms with Crippen molar-refractivity contribution in [1.29, 1.82) is 0 Å². The average molecular weight is 424 g/mol. The minimum Gasteiger partial charge on any atom is -0.394 e. The van der Waals surface area contributed by atoms with Crippen LogP contribution >= 0.6 is 0 Å². The van der Waals surface area contributed by atoms with Crippen molar-refractivity contribution in [3.63, 3.8) is 0 Å². The van der Waals surface area contributed by atoms with Gasteiger partial charge in [0.1, 0.15) is 11.6 Å². The largest absolute Gasteiger partial charge is 0.394 e. The Hall–Kier alpha value is -2.86. The van der Waals surface area contributed by atoms with Crippen molar-refractivity contribution in [1.82, 2.24) is 15.3 Å². The van der Waals surface area contributed by atoms with Gasteiger partial charge in [-0.25, -0.2) is 14.4 Å². The Labute approximate surface area is 182 Å². The normalized spacial score (nSPS) is 15.1. The average Bonchev–Trinajstić information content (AvgIpc) is 2.78. The second-order valence-corrected chi connectivity index (χ2v) is 8.16. The predicted molar refractivity (Wildman–Crippen MR) is 120 cm³/mol. The summed E-state index contributed by atoms with van der Waals surface area (Å²) < 4.78 is 13.9. The number of hydrogen-bond donors (Lipinski definition) is 2. The van der Waals surface area contributed by atoms with Gasteiger partial charge in [0.05, 0.1) is 18.2 Å². The van der Waals surface area contributed by atoms with E-state index in [9.17, 15) is 14.3 Å². The van der Waals surface area contributed by atoms with E-state index in [4.69, 9.17) is 0 Å². The van der Waals surface area contributed by atoms with Crippen LogP contribution in [0, 0.1) is 18.7 Å². The molecule has 1 unspecified atom stereocenters. The molecule has 31 heavy (non-hydrogen) atoms. The number of fused-ring (bicyclic) bond motifs is 1. The number of nitrogens with one attached hydrogen (secondary N) is 1. The molecule has 0 bridgehead atoms. The Morgan fingerprint density at radius 2 is 1.94 bits per heavy atom. The fourth-order valence-electron chi connectivity index (χ4n) is 3.78. The number of amides is 1. The summed E-state index contributed by atoms with van der Waals surface area (Å²) in [6, 6.07) is 10.3. The molecule has 1 amide bonds. The zero-order valence-corrected chi connectivity index (χ0v) is 18.1. The highest BCUT2D eigenvalue weighted by Crippen LogP contribution is 2.22.